The number of urea groups is 1. The Balaban J connectivity index is 1.36. The van der Waals surface area contributed by atoms with Gasteiger partial charge in [0, 0.05) is 15.5 Å². The second-order valence-corrected chi connectivity index (χ2v) is 8.93. The first-order chi connectivity index (χ1) is 13.9. The van der Waals surface area contributed by atoms with Crippen molar-refractivity contribution < 1.29 is 14.4 Å². The molecule has 0 bridgehead atoms. The number of amides is 4. The Bertz CT molecular complexity index is 977. The molecule has 1 unspecified atom stereocenters. The summed E-state index contributed by atoms with van der Waals surface area (Å²) in [5.74, 6) is -0.582. The van der Waals surface area contributed by atoms with Crippen LogP contribution in [0, 0.1) is 5.92 Å². The number of rotatable bonds is 6. The van der Waals surface area contributed by atoms with E-state index in [1.807, 2.05) is 36.4 Å². The Kier molecular flexibility index (Phi) is 5.27. The maximum absolute atomic E-state index is 12.6. The van der Waals surface area contributed by atoms with Gasteiger partial charge in [0.2, 0.25) is 5.91 Å². The third-order valence-corrected chi connectivity index (χ3v) is 6.72. The number of benzene rings is 2. The Labute approximate surface area is 178 Å². The topological polar surface area (TPSA) is 78.5 Å². The first kappa shape index (κ1) is 19.8. The molecule has 1 atom stereocenters. The predicted octanol–water partition coefficient (Wildman–Crippen LogP) is 4.15. The molecule has 2 aromatic carbocycles. The number of carbonyl (C=O) groups excluding carboxylic acids is 3. The van der Waals surface area contributed by atoms with Crippen LogP contribution in [-0.4, -0.2) is 34.8 Å². The van der Waals surface area contributed by atoms with Crippen molar-refractivity contribution in [3.8, 4) is 0 Å². The molecule has 29 heavy (non-hydrogen) atoms. The number of hydrogen-bond acceptors (Lipinski definition) is 4. The molecule has 1 saturated heterocycles. The standard InChI is InChI=1S/C21H20ClN3O3S/c1-21(13-6-7-13)19(27)25(20(28)24-21)12-18(26)23-14-8-10-15(11-9-14)29-17-5-3-2-4-16(17)22/h2-5,8-11,13H,6-7,12H2,1H3,(H,23,26)(H,24,28). The fraction of sp³-hybridized carbons (Fsp3) is 0.286. The van der Waals surface area contributed by atoms with Crippen molar-refractivity contribution in [2.24, 2.45) is 5.92 Å². The third-order valence-electron chi connectivity index (χ3n) is 5.20. The number of nitrogens with zero attached hydrogens (tertiary/aromatic N) is 1. The van der Waals surface area contributed by atoms with Crippen molar-refractivity contribution in [2.45, 2.75) is 35.1 Å². The van der Waals surface area contributed by atoms with Crippen LogP contribution in [0.15, 0.2) is 58.3 Å². The number of carbonyl (C=O) groups is 3. The van der Waals surface area contributed by atoms with E-state index in [-0.39, 0.29) is 18.4 Å². The van der Waals surface area contributed by atoms with E-state index < -0.39 is 17.5 Å². The summed E-state index contributed by atoms with van der Waals surface area (Å²) < 4.78 is 0. The zero-order valence-corrected chi connectivity index (χ0v) is 17.3. The quantitative estimate of drug-likeness (QED) is 0.676. The van der Waals surface area contributed by atoms with E-state index in [0.29, 0.717) is 10.7 Å². The molecule has 6 nitrogen and oxygen atoms in total. The summed E-state index contributed by atoms with van der Waals surface area (Å²) in [5.41, 5.74) is -0.287. The van der Waals surface area contributed by atoms with Crippen molar-refractivity contribution in [3.05, 3.63) is 53.6 Å². The zero-order valence-electron chi connectivity index (χ0n) is 15.8. The number of nitrogens with one attached hydrogen (secondary N) is 2. The van der Waals surface area contributed by atoms with E-state index in [4.69, 9.17) is 11.6 Å². The van der Waals surface area contributed by atoms with Crippen molar-refractivity contribution in [3.63, 3.8) is 0 Å². The highest BCUT2D eigenvalue weighted by molar-refractivity contribution is 7.99. The molecule has 2 fully saturated rings. The van der Waals surface area contributed by atoms with Gasteiger partial charge in [0.25, 0.3) is 5.91 Å². The largest absolute Gasteiger partial charge is 0.325 e. The lowest BCUT2D eigenvalue weighted by molar-refractivity contribution is -0.134. The molecular weight excluding hydrogens is 410 g/mol. The van der Waals surface area contributed by atoms with Crippen LogP contribution in [0.25, 0.3) is 0 Å². The van der Waals surface area contributed by atoms with Crippen LogP contribution < -0.4 is 10.6 Å². The van der Waals surface area contributed by atoms with Crippen LogP contribution in [0.1, 0.15) is 19.8 Å². The maximum Gasteiger partial charge on any atom is 0.325 e. The predicted molar refractivity (Wildman–Crippen MR) is 112 cm³/mol. The second kappa shape index (κ2) is 7.72. The smallest absolute Gasteiger partial charge is 0.325 e. The first-order valence-electron chi connectivity index (χ1n) is 9.33. The lowest BCUT2D eigenvalue weighted by atomic mass is 9.96. The van der Waals surface area contributed by atoms with Crippen LogP contribution in [0.3, 0.4) is 0 Å². The normalized spacial score (nSPS) is 21.2. The molecule has 0 radical (unpaired) electrons. The van der Waals surface area contributed by atoms with Crippen LogP contribution in [-0.2, 0) is 9.59 Å². The summed E-state index contributed by atoms with van der Waals surface area (Å²) in [7, 11) is 0. The van der Waals surface area contributed by atoms with Crippen LogP contribution in [0.5, 0.6) is 0 Å². The molecular formula is C21H20ClN3O3S. The summed E-state index contributed by atoms with van der Waals surface area (Å²) >= 11 is 7.71. The van der Waals surface area contributed by atoms with Crippen LogP contribution in [0.4, 0.5) is 10.5 Å². The van der Waals surface area contributed by atoms with Gasteiger partial charge in [-0.15, -0.1) is 0 Å². The molecule has 1 aliphatic heterocycles. The fourth-order valence-corrected chi connectivity index (χ4v) is 4.49. The van der Waals surface area contributed by atoms with Gasteiger partial charge < -0.3 is 10.6 Å². The Hall–Kier alpha value is -2.51. The van der Waals surface area contributed by atoms with Crippen molar-refractivity contribution in [1.29, 1.82) is 0 Å². The van der Waals surface area contributed by atoms with E-state index in [9.17, 15) is 14.4 Å². The summed E-state index contributed by atoms with van der Waals surface area (Å²) in [6, 6.07) is 14.4. The van der Waals surface area contributed by atoms with Gasteiger partial charge >= 0.3 is 6.03 Å². The molecule has 1 aliphatic carbocycles. The van der Waals surface area contributed by atoms with Gasteiger partial charge in [0.1, 0.15) is 12.1 Å². The number of imide groups is 1. The van der Waals surface area contributed by atoms with E-state index in [1.165, 1.54) is 11.8 Å². The van der Waals surface area contributed by atoms with E-state index in [1.54, 1.807) is 19.1 Å². The lowest BCUT2D eigenvalue weighted by Crippen LogP contribution is -2.46. The maximum atomic E-state index is 12.6. The Morgan fingerprint density at radius 3 is 2.55 bits per heavy atom. The first-order valence-corrected chi connectivity index (χ1v) is 10.5. The zero-order chi connectivity index (χ0) is 20.6. The highest BCUT2D eigenvalue weighted by Crippen LogP contribution is 2.42. The van der Waals surface area contributed by atoms with Gasteiger partial charge in [-0.1, -0.05) is 35.5 Å². The number of halogens is 1. The number of anilines is 1. The van der Waals surface area contributed by atoms with Crippen LogP contribution >= 0.6 is 23.4 Å². The van der Waals surface area contributed by atoms with Crippen molar-refractivity contribution in [2.75, 3.05) is 11.9 Å². The van der Waals surface area contributed by atoms with Gasteiger partial charge in [-0.2, -0.15) is 0 Å². The SMILES string of the molecule is CC1(C2CC2)NC(=O)N(CC(=O)Nc2ccc(Sc3ccccc3Cl)cc2)C1=O. The molecule has 2 aliphatic rings. The minimum Gasteiger partial charge on any atom is -0.325 e. The summed E-state index contributed by atoms with van der Waals surface area (Å²) in [6.45, 7) is 1.43. The molecule has 4 rings (SSSR count). The molecule has 0 spiro atoms. The monoisotopic (exact) mass is 429 g/mol. The highest BCUT2D eigenvalue weighted by Gasteiger charge is 2.56. The Morgan fingerprint density at radius 2 is 1.90 bits per heavy atom. The molecule has 1 heterocycles. The minimum atomic E-state index is -0.880. The highest BCUT2D eigenvalue weighted by atomic mass is 35.5. The van der Waals surface area contributed by atoms with E-state index in [0.717, 1.165) is 27.5 Å². The molecule has 1 saturated carbocycles. The summed E-state index contributed by atoms with van der Waals surface area (Å²) in [6.07, 6.45) is 1.84. The van der Waals surface area contributed by atoms with Crippen molar-refractivity contribution in [1.82, 2.24) is 10.2 Å². The summed E-state index contributed by atoms with van der Waals surface area (Å²) in [4.78, 5) is 40.1. The number of hydrogen-bond donors (Lipinski definition) is 2. The lowest BCUT2D eigenvalue weighted by Gasteiger charge is -2.20. The van der Waals surface area contributed by atoms with Gasteiger partial charge in [-0.25, -0.2) is 4.79 Å². The van der Waals surface area contributed by atoms with Gasteiger partial charge in [0.05, 0.1) is 5.02 Å². The third kappa shape index (κ3) is 4.11. The van der Waals surface area contributed by atoms with Crippen LogP contribution in [0.2, 0.25) is 5.02 Å². The summed E-state index contributed by atoms with van der Waals surface area (Å²) in [5, 5.41) is 6.16. The van der Waals surface area contributed by atoms with Gasteiger partial charge in [0.15, 0.2) is 0 Å². The molecule has 0 aromatic heterocycles. The van der Waals surface area contributed by atoms with Crippen molar-refractivity contribution >= 4 is 46.9 Å². The molecule has 2 N–H and O–H groups in total. The molecule has 8 heteroatoms. The molecule has 150 valence electrons. The average molecular weight is 430 g/mol. The molecule has 4 amide bonds. The van der Waals surface area contributed by atoms with E-state index in [2.05, 4.69) is 10.6 Å². The fourth-order valence-electron chi connectivity index (χ4n) is 3.40. The Morgan fingerprint density at radius 1 is 1.21 bits per heavy atom. The van der Waals surface area contributed by atoms with Gasteiger partial charge in [-0.05, 0) is 62.1 Å². The minimum absolute atomic E-state index is 0.162. The van der Waals surface area contributed by atoms with E-state index >= 15 is 0 Å². The van der Waals surface area contributed by atoms with Gasteiger partial charge in [-0.3, -0.25) is 14.5 Å². The average Bonchev–Trinajstić information content (AvgIpc) is 3.51. The second-order valence-electron chi connectivity index (χ2n) is 7.40. The molecule has 2 aromatic rings.